The Hall–Kier alpha value is -2.26. The van der Waals surface area contributed by atoms with Crippen LogP contribution in [-0.4, -0.2) is 14.8 Å². The average molecular weight is 259 g/mol. The summed E-state index contributed by atoms with van der Waals surface area (Å²) in [6.45, 7) is 0.615. The average Bonchev–Trinajstić information content (AvgIpc) is 2.68. The minimum absolute atomic E-state index is 0.151. The molecule has 1 aliphatic heterocycles. The molecule has 1 aromatic carbocycles. The highest BCUT2D eigenvalue weighted by Gasteiger charge is 2.23. The Morgan fingerprint density at radius 2 is 2.06 bits per heavy atom. The van der Waals surface area contributed by atoms with E-state index in [0.29, 0.717) is 28.3 Å². The van der Waals surface area contributed by atoms with Gasteiger partial charge in [-0.25, -0.2) is 0 Å². The van der Waals surface area contributed by atoms with E-state index in [4.69, 9.17) is 10.7 Å². The minimum Gasteiger partial charge on any atom is -0.504 e. The highest BCUT2D eigenvalue weighted by atomic mass is 32.1. The monoisotopic (exact) mass is 259 g/mol. The molecule has 2 aromatic rings. The molecular formula is C12H9N3O2S. The van der Waals surface area contributed by atoms with Crippen molar-refractivity contribution in [2.45, 2.75) is 13.0 Å². The van der Waals surface area contributed by atoms with Crippen LogP contribution in [0.3, 0.4) is 0 Å². The van der Waals surface area contributed by atoms with Gasteiger partial charge in [-0.05, 0) is 24.1 Å². The Morgan fingerprint density at radius 3 is 2.78 bits per heavy atom. The van der Waals surface area contributed by atoms with Crippen LogP contribution in [0.25, 0.3) is 11.3 Å². The first-order valence-corrected chi connectivity index (χ1v) is 6.17. The summed E-state index contributed by atoms with van der Waals surface area (Å²) in [6.07, 6.45) is 0.675. The van der Waals surface area contributed by atoms with Crippen molar-refractivity contribution in [3.63, 3.8) is 0 Å². The zero-order valence-electron chi connectivity index (χ0n) is 9.27. The van der Waals surface area contributed by atoms with Crippen molar-refractivity contribution < 1.29 is 10.2 Å². The fourth-order valence-electron chi connectivity index (χ4n) is 2.26. The van der Waals surface area contributed by atoms with Gasteiger partial charge in [0.1, 0.15) is 10.9 Å². The van der Waals surface area contributed by atoms with Gasteiger partial charge >= 0.3 is 0 Å². The number of nitrogens with zero attached hydrogens (tertiary/aromatic N) is 2. The largest absolute Gasteiger partial charge is 0.504 e. The highest BCUT2D eigenvalue weighted by Crippen LogP contribution is 2.38. The molecule has 2 heterocycles. The number of phenolic OH excluding ortho intramolecular Hbond substituents is 2. The highest BCUT2D eigenvalue weighted by molar-refractivity contribution is 7.10. The molecule has 0 radical (unpaired) electrons. The zero-order valence-corrected chi connectivity index (χ0v) is 10.1. The number of hydrogen-bond donors (Lipinski definition) is 3. The number of nitrogens with one attached hydrogen (secondary N) is 1. The molecule has 0 saturated heterocycles. The quantitative estimate of drug-likeness (QED) is 0.626. The topological polar surface area (TPSA) is 93.0 Å². The molecule has 18 heavy (non-hydrogen) atoms. The number of benzene rings is 1. The molecule has 0 unspecified atom stereocenters. The van der Waals surface area contributed by atoms with Gasteiger partial charge in [-0.3, -0.25) is 5.41 Å². The lowest BCUT2D eigenvalue weighted by atomic mass is 9.97. The van der Waals surface area contributed by atoms with Crippen molar-refractivity contribution >= 4 is 11.3 Å². The molecule has 1 aliphatic rings. The lowest BCUT2D eigenvalue weighted by Gasteiger charge is -2.19. The predicted molar refractivity (Wildman–Crippen MR) is 65.3 cm³/mol. The molecule has 6 heteroatoms. The smallest absolute Gasteiger partial charge is 0.183 e. The van der Waals surface area contributed by atoms with Crippen LogP contribution < -0.4 is 4.80 Å². The maximum atomic E-state index is 9.59. The summed E-state index contributed by atoms with van der Waals surface area (Å²) in [4.78, 5) is 0.797. The Morgan fingerprint density at radius 1 is 1.33 bits per heavy atom. The van der Waals surface area contributed by atoms with Crippen LogP contribution in [0.2, 0.25) is 0 Å². The molecular weight excluding hydrogens is 250 g/mol. The number of aryl methyl sites for hydroxylation is 1. The third-order valence-electron chi connectivity index (χ3n) is 3.09. The molecule has 5 nitrogen and oxygen atoms in total. The Labute approximate surface area is 106 Å². The van der Waals surface area contributed by atoms with E-state index in [9.17, 15) is 10.2 Å². The number of thiazole rings is 1. The van der Waals surface area contributed by atoms with Crippen LogP contribution in [0.15, 0.2) is 12.1 Å². The fourth-order valence-corrected chi connectivity index (χ4v) is 3.11. The van der Waals surface area contributed by atoms with Crippen LogP contribution in [0.5, 0.6) is 11.5 Å². The summed E-state index contributed by atoms with van der Waals surface area (Å²) in [7, 11) is 0. The maximum Gasteiger partial charge on any atom is 0.183 e. The number of aromatic hydroxyl groups is 2. The fraction of sp³-hybridized carbons (Fsp3) is 0.167. The van der Waals surface area contributed by atoms with Crippen molar-refractivity contribution in [1.82, 2.24) is 4.57 Å². The number of fused-ring (bicyclic) bond motifs is 3. The first-order chi connectivity index (χ1) is 8.61. The van der Waals surface area contributed by atoms with Crippen LogP contribution >= 0.6 is 11.3 Å². The summed E-state index contributed by atoms with van der Waals surface area (Å²) >= 11 is 1.13. The maximum absolute atomic E-state index is 9.59. The minimum atomic E-state index is -0.205. The van der Waals surface area contributed by atoms with Gasteiger partial charge in [-0.1, -0.05) is 11.3 Å². The van der Waals surface area contributed by atoms with Crippen LogP contribution in [-0.2, 0) is 13.0 Å². The van der Waals surface area contributed by atoms with Crippen molar-refractivity contribution in [1.29, 1.82) is 10.7 Å². The first-order valence-electron chi connectivity index (χ1n) is 5.35. The van der Waals surface area contributed by atoms with Gasteiger partial charge in [0.15, 0.2) is 16.3 Å². The Kier molecular flexibility index (Phi) is 2.18. The second kappa shape index (κ2) is 3.62. The van der Waals surface area contributed by atoms with Gasteiger partial charge in [-0.2, -0.15) is 5.26 Å². The summed E-state index contributed by atoms with van der Waals surface area (Å²) in [5.41, 5.74) is 2.28. The summed E-state index contributed by atoms with van der Waals surface area (Å²) in [6, 6.07) is 5.07. The number of hydrogen-bond acceptors (Lipinski definition) is 5. The molecule has 3 rings (SSSR count). The van der Waals surface area contributed by atoms with E-state index in [1.54, 1.807) is 4.57 Å². The molecule has 0 bridgehead atoms. The van der Waals surface area contributed by atoms with Gasteiger partial charge < -0.3 is 14.8 Å². The van der Waals surface area contributed by atoms with Gasteiger partial charge in [-0.15, -0.1) is 0 Å². The van der Waals surface area contributed by atoms with Gasteiger partial charge in [0.05, 0.1) is 5.69 Å². The number of aromatic nitrogens is 1. The normalized spacial score (nSPS) is 12.6. The van der Waals surface area contributed by atoms with E-state index in [2.05, 4.69) is 6.07 Å². The predicted octanol–water partition coefficient (Wildman–Crippen LogP) is 1.54. The standard InChI is InChI=1S/C12H9N3O2S/c13-5-10-11-7-4-9(17)8(16)3-6(7)1-2-15(11)12(14)18-10/h3-4,14,16-17H,1-2H2. The molecule has 0 fully saturated rings. The SMILES string of the molecule is N#Cc1sc(=N)n2c1-c1cc(O)c(O)cc1CC2. The lowest BCUT2D eigenvalue weighted by molar-refractivity contribution is 0.403. The third kappa shape index (κ3) is 1.34. The summed E-state index contributed by atoms with van der Waals surface area (Å²) < 4.78 is 1.77. The van der Waals surface area contributed by atoms with E-state index >= 15 is 0 Å². The van der Waals surface area contributed by atoms with Gasteiger partial charge in [0.2, 0.25) is 0 Å². The van der Waals surface area contributed by atoms with Gasteiger partial charge in [0, 0.05) is 12.1 Å². The van der Waals surface area contributed by atoms with E-state index in [1.807, 2.05) is 0 Å². The first kappa shape index (κ1) is 10.9. The molecule has 90 valence electrons. The Bertz CT molecular complexity index is 752. The molecule has 0 aliphatic carbocycles. The summed E-state index contributed by atoms with van der Waals surface area (Å²) in [5, 5.41) is 36.0. The van der Waals surface area contributed by atoms with Crippen molar-refractivity contribution in [3.8, 4) is 28.8 Å². The second-order valence-corrected chi connectivity index (χ2v) is 5.10. The third-order valence-corrected chi connectivity index (χ3v) is 3.99. The molecule has 0 amide bonds. The van der Waals surface area contributed by atoms with E-state index in [0.717, 1.165) is 22.5 Å². The number of rotatable bonds is 0. The van der Waals surface area contributed by atoms with Crippen molar-refractivity contribution in [3.05, 3.63) is 27.4 Å². The van der Waals surface area contributed by atoms with Gasteiger partial charge in [0.25, 0.3) is 0 Å². The molecule has 0 spiro atoms. The zero-order chi connectivity index (χ0) is 12.9. The summed E-state index contributed by atoms with van der Waals surface area (Å²) in [5.74, 6) is -0.356. The number of nitriles is 1. The number of phenols is 2. The lowest BCUT2D eigenvalue weighted by Crippen LogP contribution is -2.20. The van der Waals surface area contributed by atoms with E-state index in [1.165, 1.54) is 12.1 Å². The van der Waals surface area contributed by atoms with Crippen LogP contribution in [0.1, 0.15) is 10.4 Å². The molecule has 0 saturated carbocycles. The van der Waals surface area contributed by atoms with Crippen LogP contribution in [0, 0.1) is 16.7 Å². The van der Waals surface area contributed by atoms with E-state index in [-0.39, 0.29) is 11.5 Å². The Balaban J connectivity index is 2.38. The second-order valence-electron chi connectivity index (χ2n) is 4.10. The van der Waals surface area contributed by atoms with Crippen molar-refractivity contribution in [2.75, 3.05) is 0 Å². The van der Waals surface area contributed by atoms with Crippen LogP contribution in [0.4, 0.5) is 0 Å². The molecule has 0 atom stereocenters. The molecule has 3 N–H and O–H groups in total. The molecule has 1 aromatic heterocycles. The van der Waals surface area contributed by atoms with E-state index < -0.39 is 0 Å². The van der Waals surface area contributed by atoms with Crippen molar-refractivity contribution in [2.24, 2.45) is 0 Å².